The van der Waals surface area contributed by atoms with E-state index in [1.54, 1.807) is 0 Å². The SMILES string of the molecule is CCCCCCO[C@@H]1O[C@H](COC(C)=O)[C@H](OC(C)=O)[C@H](OC(C)=O)[C@H]1NC(C)=O. The number of hydrogen-bond acceptors (Lipinski definition) is 9. The molecule has 5 atom stereocenters. The van der Waals surface area contributed by atoms with Crippen molar-refractivity contribution in [2.24, 2.45) is 0 Å². The monoisotopic (exact) mass is 431 g/mol. The highest BCUT2D eigenvalue weighted by Gasteiger charge is 2.51. The molecule has 0 unspecified atom stereocenters. The van der Waals surface area contributed by atoms with Gasteiger partial charge in [0.2, 0.25) is 5.91 Å². The summed E-state index contributed by atoms with van der Waals surface area (Å²) < 4.78 is 27.5. The largest absolute Gasteiger partial charge is 0.463 e. The summed E-state index contributed by atoms with van der Waals surface area (Å²) >= 11 is 0. The highest BCUT2D eigenvalue weighted by Crippen LogP contribution is 2.28. The second-order valence-corrected chi connectivity index (χ2v) is 7.15. The van der Waals surface area contributed by atoms with Gasteiger partial charge in [-0.1, -0.05) is 26.2 Å². The lowest BCUT2D eigenvalue weighted by atomic mass is 9.96. The van der Waals surface area contributed by atoms with E-state index >= 15 is 0 Å². The van der Waals surface area contributed by atoms with Gasteiger partial charge in [-0.15, -0.1) is 0 Å². The minimum Gasteiger partial charge on any atom is -0.463 e. The number of amides is 1. The van der Waals surface area contributed by atoms with Crippen molar-refractivity contribution in [3.05, 3.63) is 0 Å². The Hall–Kier alpha value is -2.20. The highest BCUT2D eigenvalue weighted by molar-refractivity contribution is 5.73. The number of esters is 3. The van der Waals surface area contributed by atoms with E-state index in [2.05, 4.69) is 12.2 Å². The Morgan fingerprint density at radius 2 is 1.50 bits per heavy atom. The molecular weight excluding hydrogens is 398 g/mol. The standard InChI is InChI=1S/C20H33NO9/c1-6-7-8-9-10-26-20-17(21-12(2)22)19(29-15(5)25)18(28-14(4)24)16(30-20)11-27-13(3)23/h16-20H,6-11H2,1-5H3,(H,21,22)/t16-,17-,18+,19-,20-/m1/s1. The molecule has 1 saturated heterocycles. The summed E-state index contributed by atoms with van der Waals surface area (Å²) in [5.74, 6) is -2.23. The first-order chi connectivity index (χ1) is 14.1. The molecule has 0 aromatic carbocycles. The molecule has 0 radical (unpaired) electrons. The smallest absolute Gasteiger partial charge is 0.303 e. The lowest BCUT2D eigenvalue weighted by Gasteiger charge is -2.44. The van der Waals surface area contributed by atoms with Gasteiger partial charge in [0.15, 0.2) is 18.5 Å². The average Bonchev–Trinajstić information content (AvgIpc) is 2.63. The number of nitrogens with one attached hydrogen (secondary N) is 1. The molecule has 0 aromatic rings. The Bertz CT molecular complexity index is 595. The van der Waals surface area contributed by atoms with Gasteiger partial charge in [-0.25, -0.2) is 0 Å². The maximum absolute atomic E-state index is 11.8. The van der Waals surface area contributed by atoms with Gasteiger partial charge in [0.1, 0.15) is 18.8 Å². The lowest BCUT2D eigenvalue weighted by Crippen LogP contribution is -2.66. The van der Waals surface area contributed by atoms with E-state index in [1.165, 1.54) is 27.7 Å². The van der Waals surface area contributed by atoms with Crippen LogP contribution in [0.1, 0.15) is 60.3 Å². The lowest BCUT2D eigenvalue weighted by molar-refractivity contribution is -0.277. The Morgan fingerprint density at radius 1 is 0.867 bits per heavy atom. The molecule has 10 nitrogen and oxygen atoms in total. The third kappa shape index (κ3) is 9.08. The first kappa shape index (κ1) is 25.8. The van der Waals surface area contributed by atoms with Crippen LogP contribution >= 0.6 is 0 Å². The second-order valence-electron chi connectivity index (χ2n) is 7.15. The van der Waals surface area contributed by atoms with Crippen LogP contribution in [-0.2, 0) is 42.9 Å². The number of ether oxygens (including phenoxy) is 5. The van der Waals surface area contributed by atoms with E-state index < -0.39 is 54.5 Å². The van der Waals surface area contributed by atoms with E-state index in [0.717, 1.165) is 25.7 Å². The molecule has 0 saturated carbocycles. The van der Waals surface area contributed by atoms with Crippen molar-refractivity contribution in [2.45, 2.75) is 90.9 Å². The Labute approximate surface area is 176 Å². The van der Waals surface area contributed by atoms with Crippen molar-refractivity contribution in [3.8, 4) is 0 Å². The van der Waals surface area contributed by atoms with Gasteiger partial charge < -0.3 is 29.0 Å². The summed E-state index contributed by atoms with van der Waals surface area (Å²) in [5, 5.41) is 2.66. The molecule has 1 rings (SSSR count). The summed E-state index contributed by atoms with van der Waals surface area (Å²) in [6.45, 7) is 7.13. The molecule has 1 amide bonds. The molecular formula is C20H33NO9. The topological polar surface area (TPSA) is 126 Å². The van der Waals surface area contributed by atoms with Crippen molar-refractivity contribution in [2.75, 3.05) is 13.2 Å². The van der Waals surface area contributed by atoms with Gasteiger partial charge in [0, 0.05) is 34.3 Å². The van der Waals surface area contributed by atoms with E-state index in [1.807, 2.05) is 0 Å². The number of carbonyl (C=O) groups excluding carboxylic acids is 4. The van der Waals surface area contributed by atoms with Gasteiger partial charge >= 0.3 is 17.9 Å². The van der Waals surface area contributed by atoms with Crippen LogP contribution in [0.15, 0.2) is 0 Å². The molecule has 30 heavy (non-hydrogen) atoms. The van der Waals surface area contributed by atoms with Crippen LogP contribution in [0.5, 0.6) is 0 Å². The number of unbranched alkanes of at least 4 members (excludes halogenated alkanes) is 3. The summed E-state index contributed by atoms with van der Waals surface area (Å²) in [6.07, 6.45) is -0.274. The van der Waals surface area contributed by atoms with E-state index in [4.69, 9.17) is 23.7 Å². The minimum atomic E-state index is -1.11. The Morgan fingerprint density at radius 3 is 2.03 bits per heavy atom. The van der Waals surface area contributed by atoms with Crippen LogP contribution in [0.25, 0.3) is 0 Å². The van der Waals surface area contributed by atoms with Crippen molar-refractivity contribution in [1.82, 2.24) is 5.32 Å². The van der Waals surface area contributed by atoms with E-state index in [9.17, 15) is 19.2 Å². The van der Waals surface area contributed by atoms with Crippen LogP contribution in [0.4, 0.5) is 0 Å². The number of hydrogen-bond donors (Lipinski definition) is 1. The summed E-state index contributed by atoms with van der Waals surface area (Å²) in [7, 11) is 0. The summed E-state index contributed by atoms with van der Waals surface area (Å²) in [5.41, 5.74) is 0. The molecule has 1 heterocycles. The fourth-order valence-corrected chi connectivity index (χ4v) is 3.16. The first-order valence-corrected chi connectivity index (χ1v) is 10.2. The normalized spacial score (nSPS) is 25.8. The molecule has 1 aliphatic rings. The molecule has 10 heteroatoms. The fourth-order valence-electron chi connectivity index (χ4n) is 3.16. The molecule has 0 spiro atoms. The van der Waals surface area contributed by atoms with Crippen LogP contribution in [0, 0.1) is 0 Å². The van der Waals surface area contributed by atoms with Gasteiger partial charge in [-0.3, -0.25) is 19.2 Å². The Kier molecular flexibility index (Phi) is 11.3. The molecule has 0 aromatic heterocycles. The van der Waals surface area contributed by atoms with Gasteiger partial charge in [-0.2, -0.15) is 0 Å². The molecule has 0 bridgehead atoms. The van der Waals surface area contributed by atoms with Crippen LogP contribution in [0.2, 0.25) is 0 Å². The summed E-state index contributed by atoms with van der Waals surface area (Å²) in [6, 6.07) is -0.921. The molecule has 1 N–H and O–H groups in total. The zero-order chi connectivity index (χ0) is 22.7. The Balaban J connectivity index is 3.13. The quantitative estimate of drug-likeness (QED) is 0.292. The van der Waals surface area contributed by atoms with Gasteiger partial charge in [0.05, 0.1) is 0 Å². The maximum Gasteiger partial charge on any atom is 0.303 e. The maximum atomic E-state index is 11.8. The predicted octanol–water partition coefficient (Wildman–Crippen LogP) is 1.24. The minimum absolute atomic E-state index is 0.243. The van der Waals surface area contributed by atoms with Crippen molar-refractivity contribution >= 4 is 23.8 Å². The predicted molar refractivity (Wildman–Crippen MR) is 104 cm³/mol. The molecule has 1 fully saturated rings. The fraction of sp³-hybridized carbons (Fsp3) is 0.800. The van der Waals surface area contributed by atoms with Gasteiger partial charge in [-0.05, 0) is 6.42 Å². The van der Waals surface area contributed by atoms with Crippen LogP contribution < -0.4 is 5.32 Å². The number of carbonyl (C=O) groups is 4. The van der Waals surface area contributed by atoms with E-state index in [0.29, 0.717) is 6.61 Å². The molecule has 1 aliphatic heterocycles. The number of rotatable bonds is 11. The molecule has 0 aliphatic carbocycles. The van der Waals surface area contributed by atoms with Crippen molar-refractivity contribution in [3.63, 3.8) is 0 Å². The zero-order valence-electron chi connectivity index (χ0n) is 18.3. The first-order valence-electron chi connectivity index (χ1n) is 10.2. The zero-order valence-corrected chi connectivity index (χ0v) is 18.3. The third-order valence-corrected chi connectivity index (χ3v) is 4.35. The highest BCUT2D eigenvalue weighted by atomic mass is 16.7. The van der Waals surface area contributed by atoms with E-state index in [-0.39, 0.29) is 6.61 Å². The average molecular weight is 431 g/mol. The second kappa shape index (κ2) is 13.2. The third-order valence-electron chi connectivity index (χ3n) is 4.35. The summed E-state index contributed by atoms with van der Waals surface area (Å²) in [4.78, 5) is 46.5. The van der Waals surface area contributed by atoms with Crippen molar-refractivity contribution in [1.29, 1.82) is 0 Å². The molecule has 172 valence electrons. The van der Waals surface area contributed by atoms with Crippen LogP contribution in [0.3, 0.4) is 0 Å². The van der Waals surface area contributed by atoms with Crippen LogP contribution in [-0.4, -0.2) is 67.7 Å². The van der Waals surface area contributed by atoms with Gasteiger partial charge in [0.25, 0.3) is 0 Å². The van der Waals surface area contributed by atoms with Crippen molar-refractivity contribution < 1.29 is 42.9 Å².